The van der Waals surface area contributed by atoms with Gasteiger partial charge in [0, 0.05) is 43.3 Å². The average Bonchev–Trinajstić information content (AvgIpc) is 3.38. The molecular formula is C25H38BCl2N6Zr-. The summed E-state index contributed by atoms with van der Waals surface area (Å²) in [5, 5.41) is 22.5. The van der Waals surface area contributed by atoms with Crippen LogP contribution in [0.25, 0.3) is 0 Å². The minimum absolute atomic E-state index is 0. The third-order valence-corrected chi connectivity index (χ3v) is 6.98. The summed E-state index contributed by atoms with van der Waals surface area (Å²) in [4.78, 5) is 0. The Morgan fingerprint density at radius 3 is 1.09 bits per heavy atom. The smallest absolute Gasteiger partial charge is 0.255 e. The zero-order valence-electron chi connectivity index (χ0n) is 22.7. The van der Waals surface area contributed by atoms with E-state index in [4.69, 9.17) is 0 Å². The molecule has 10 heteroatoms. The molecule has 190 valence electrons. The normalized spacial score (nSPS) is 13.7. The third kappa shape index (κ3) is 6.50. The summed E-state index contributed by atoms with van der Waals surface area (Å²) in [6.07, 6.45) is 3.44. The summed E-state index contributed by atoms with van der Waals surface area (Å²) >= 11 is 0. The Morgan fingerprint density at radius 1 is 0.629 bits per heavy atom. The van der Waals surface area contributed by atoms with Crippen molar-refractivity contribution >= 4 is 47.9 Å². The Hall–Kier alpha value is -1.36. The second kappa shape index (κ2) is 12.7. The second-order valence-electron chi connectivity index (χ2n) is 9.60. The second-order valence-corrected chi connectivity index (χ2v) is 9.60. The van der Waals surface area contributed by atoms with Gasteiger partial charge in [0.25, 0.3) is 6.71 Å². The van der Waals surface area contributed by atoms with E-state index in [0.29, 0.717) is 0 Å². The molecule has 35 heavy (non-hydrogen) atoms. The minimum Gasteiger partial charge on any atom is -0.283 e. The van der Waals surface area contributed by atoms with E-state index in [1.54, 1.807) is 0 Å². The topological polar surface area (TPSA) is 86.0 Å². The molecule has 0 aromatic carbocycles. The molecule has 0 aliphatic heterocycles. The van der Waals surface area contributed by atoms with Crippen molar-refractivity contribution in [1.29, 1.82) is 0 Å². The molecule has 1 aliphatic rings. The number of nitrogens with zero attached hydrogens (tertiary/aromatic N) is 3. The van der Waals surface area contributed by atoms with Gasteiger partial charge in [-0.25, -0.2) is 5.57 Å². The molecule has 1 aliphatic carbocycles. The van der Waals surface area contributed by atoms with Crippen LogP contribution in [-0.4, -0.2) is 37.3 Å². The number of hydrogen-bond donors (Lipinski definition) is 3. The number of nitrogens with one attached hydrogen (secondary N) is 3. The van der Waals surface area contributed by atoms with Gasteiger partial charge in [0.1, 0.15) is 0 Å². The number of rotatable bonds is 3. The fraction of sp³-hybridized carbons (Fsp3) is 0.480. The molecule has 0 fully saturated rings. The van der Waals surface area contributed by atoms with Crippen molar-refractivity contribution in [2.24, 2.45) is 5.41 Å². The van der Waals surface area contributed by atoms with E-state index < -0.39 is 0 Å². The van der Waals surface area contributed by atoms with E-state index in [1.165, 1.54) is 33.1 Å². The molecule has 0 unspecified atom stereocenters. The molecule has 0 amide bonds. The number of aromatic nitrogens is 6. The van der Waals surface area contributed by atoms with E-state index in [9.17, 15) is 0 Å². The maximum Gasteiger partial charge on any atom is 0.255 e. The van der Waals surface area contributed by atoms with Crippen LogP contribution in [0.3, 0.4) is 0 Å². The monoisotopic (exact) mass is 593 g/mol. The third-order valence-electron chi connectivity index (χ3n) is 6.98. The zero-order valence-corrected chi connectivity index (χ0v) is 26.8. The predicted octanol–water partition coefficient (Wildman–Crippen LogP) is 4.18. The van der Waals surface area contributed by atoms with Gasteiger partial charge in [-0.1, -0.05) is 33.1 Å². The van der Waals surface area contributed by atoms with Gasteiger partial charge in [0.2, 0.25) is 0 Å². The molecule has 3 aromatic rings. The molecule has 3 heterocycles. The van der Waals surface area contributed by atoms with Crippen LogP contribution in [0.1, 0.15) is 68.8 Å². The number of halogens is 2. The molecule has 6 nitrogen and oxygen atoms in total. The van der Waals surface area contributed by atoms with Crippen molar-refractivity contribution in [2.45, 2.75) is 76.2 Å². The SMILES string of the molecule is CC1=[C-]C(C)(C)C(C)=C1C.Cc1n[nH]c(C)c1B(c1c(C)n[nH]c1C)c1c(C)n[nH]c1C.Cl.Cl.[Zr]. The molecule has 3 aromatic heterocycles. The summed E-state index contributed by atoms with van der Waals surface area (Å²) in [5.74, 6) is 0. The van der Waals surface area contributed by atoms with Crippen molar-refractivity contribution < 1.29 is 26.2 Å². The first-order chi connectivity index (χ1) is 14.9. The number of H-pyrrole nitrogens is 3. The largest absolute Gasteiger partial charge is 0.283 e. The van der Waals surface area contributed by atoms with Crippen LogP contribution in [0.15, 0.2) is 16.7 Å². The molecular weight excluding hydrogens is 557 g/mol. The van der Waals surface area contributed by atoms with Crippen molar-refractivity contribution in [3.63, 3.8) is 0 Å². The Balaban J connectivity index is 0.000000764. The maximum absolute atomic E-state index is 4.39. The fourth-order valence-corrected chi connectivity index (χ4v) is 4.79. The van der Waals surface area contributed by atoms with Gasteiger partial charge in [0.15, 0.2) is 0 Å². The number of aryl methyl sites for hydroxylation is 6. The first-order valence-electron chi connectivity index (χ1n) is 11.2. The molecule has 0 radical (unpaired) electrons. The predicted molar refractivity (Wildman–Crippen MR) is 148 cm³/mol. The number of hydrogen-bond acceptors (Lipinski definition) is 3. The summed E-state index contributed by atoms with van der Waals surface area (Å²) in [6, 6.07) is 0. The molecule has 0 spiro atoms. The van der Waals surface area contributed by atoms with Crippen LogP contribution in [0, 0.1) is 53.0 Å². The van der Waals surface area contributed by atoms with Crippen LogP contribution in [-0.2, 0) is 26.2 Å². The van der Waals surface area contributed by atoms with Gasteiger partial charge in [-0.05, 0) is 57.9 Å². The van der Waals surface area contributed by atoms with E-state index in [0.717, 1.165) is 34.2 Å². The zero-order chi connectivity index (χ0) is 24.0. The average molecular weight is 596 g/mol. The van der Waals surface area contributed by atoms with Crippen molar-refractivity contribution in [3.8, 4) is 0 Å². The quantitative estimate of drug-likeness (QED) is 0.314. The van der Waals surface area contributed by atoms with E-state index in [1.807, 2.05) is 20.8 Å². The van der Waals surface area contributed by atoms with Crippen molar-refractivity contribution in [3.05, 3.63) is 57.0 Å². The minimum atomic E-state index is 0. The molecule has 0 atom stereocenters. The first kappa shape index (κ1) is 33.6. The Labute approximate surface area is 242 Å². The van der Waals surface area contributed by atoms with E-state index >= 15 is 0 Å². The Morgan fingerprint density at radius 2 is 0.943 bits per heavy atom. The van der Waals surface area contributed by atoms with Gasteiger partial charge >= 0.3 is 0 Å². The van der Waals surface area contributed by atoms with Gasteiger partial charge < -0.3 is 0 Å². The van der Waals surface area contributed by atoms with Gasteiger partial charge in [0.05, 0.1) is 17.1 Å². The Kier molecular flexibility index (Phi) is 12.2. The summed E-state index contributed by atoms with van der Waals surface area (Å²) < 4.78 is 0. The van der Waals surface area contributed by atoms with Gasteiger partial charge in [-0.2, -0.15) is 26.4 Å². The van der Waals surface area contributed by atoms with Gasteiger partial charge in [-0.3, -0.25) is 21.4 Å². The van der Waals surface area contributed by atoms with Crippen LogP contribution in [0.2, 0.25) is 0 Å². The fourth-order valence-electron chi connectivity index (χ4n) is 4.79. The first-order valence-corrected chi connectivity index (χ1v) is 11.2. The summed E-state index contributed by atoms with van der Waals surface area (Å²) in [5.41, 5.74) is 14.3. The summed E-state index contributed by atoms with van der Waals surface area (Å²) in [7, 11) is 0. The molecule has 0 bridgehead atoms. The number of aromatic amines is 3. The molecule has 0 saturated heterocycles. The van der Waals surface area contributed by atoms with Crippen LogP contribution in [0.5, 0.6) is 0 Å². The van der Waals surface area contributed by atoms with Crippen LogP contribution in [0.4, 0.5) is 0 Å². The van der Waals surface area contributed by atoms with Gasteiger partial charge in [-0.15, -0.1) is 31.7 Å². The molecule has 0 saturated carbocycles. The Bertz CT molecular complexity index is 1050. The van der Waals surface area contributed by atoms with E-state index in [2.05, 4.69) is 92.1 Å². The van der Waals surface area contributed by atoms with Crippen molar-refractivity contribution in [2.75, 3.05) is 0 Å². The standard InChI is InChI=1S/C15H21BN6.C10H15.2ClH.Zr/c1-7-13(8(2)18-17-7)16(14-9(3)19-20-10(14)4)15-11(5)21-22-12(15)6;1-7-6-10(4,5)9(3)8(7)2;;;/h1-6H3,(H,17,18)(H,19,20)(H,21,22);1-5H3;2*1H;/q;-1;;;. The molecule has 4 rings (SSSR count). The summed E-state index contributed by atoms with van der Waals surface area (Å²) in [6.45, 7) is 23.3. The van der Waals surface area contributed by atoms with Crippen LogP contribution >= 0.6 is 24.8 Å². The number of allylic oxidation sites excluding steroid dienone is 4. The van der Waals surface area contributed by atoms with Crippen LogP contribution < -0.4 is 16.4 Å². The van der Waals surface area contributed by atoms with E-state index in [-0.39, 0.29) is 63.1 Å². The molecule has 3 N–H and O–H groups in total. The maximum atomic E-state index is 4.39. The van der Waals surface area contributed by atoms with Crippen molar-refractivity contribution in [1.82, 2.24) is 30.6 Å².